The highest BCUT2D eigenvalue weighted by atomic mass is 16.5. The molecule has 2 aliphatic heterocycles. The lowest BCUT2D eigenvalue weighted by molar-refractivity contribution is -0.115. The lowest BCUT2D eigenvalue weighted by atomic mass is 10.1. The molecule has 27 heavy (non-hydrogen) atoms. The van der Waals surface area contributed by atoms with E-state index in [9.17, 15) is 4.79 Å². The molecule has 138 valence electrons. The molecule has 6 nitrogen and oxygen atoms in total. The highest BCUT2D eigenvalue weighted by molar-refractivity contribution is 6.14. The fourth-order valence-electron chi connectivity index (χ4n) is 2.85. The number of carbonyl (C=O) groups is 1. The quantitative estimate of drug-likeness (QED) is 0.828. The summed E-state index contributed by atoms with van der Waals surface area (Å²) in [6.07, 6.45) is 3.13. The van der Waals surface area contributed by atoms with Gasteiger partial charge in [0.25, 0.3) is 5.91 Å². The fourth-order valence-corrected chi connectivity index (χ4v) is 2.85. The number of amides is 1. The molecule has 2 aromatic carbocycles. The Morgan fingerprint density at radius 1 is 1.07 bits per heavy atom. The van der Waals surface area contributed by atoms with Gasteiger partial charge in [-0.25, -0.2) is 4.99 Å². The van der Waals surface area contributed by atoms with Crippen LogP contribution in [-0.2, 0) is 4.79 Å². The number of fused-ring (bicyclic) bond motifs is 1. The van der Waals surface area contributed by atoms with Crippen LogP contribution in [0.2, 0.25) is 0 Å². The van der Waals surface area contributed by atoms with Crippen LogP contribution in [0.4, 0.5) is 0 Å². The Bertz CT molecular complexity index is 890. The van der Waals surface area contributed by atoms with Gasteiger partial charge in [-0.2, -0.15) is 0 Å². The number of para-hydroxylation sites is 1. The summed E-state index contributed by atoms with van der Waals surface area (Å²) in [7, 11) is 0. The monoisotopic (exact) mass is 364 g/mol. The van der Waals surface area contributed by atoms with E-state index in [2.05, 4.69) is 10.3 Å². The molecule has 2 aliphatic rings. The Morgan fingerprint density at radius 2 is 1.89 bits per heavy atom. The zero-order valence-electron chi connectivity index (χ0n) is 14.8. The molecule has 0 saturated carbocycles. The van der Waals surface area contributed by atoms with Crippen molar-refractivity contribution in [3.63, 3.8) is 0 Å². The zero-order valence-corrected chi connectivity index (χ0v) is 14.8. The highest BCUT2D eigenvalue weighted by Crippen LogP contribution is 2.31. The molecule has 0 aliphatic carbocycles. The number of nitrogens with zero attached hydrogens (tertiary/aromatic N) is 1. The van der Waals surface area contributed by atoms with Gasteiger partial charge in [-0.3, -0.25) is 4.79 Å². The number of amidine groups is 1. The average Bonchev–Trinajstić information content (AvgIpc) is 2.89. The Balaban J connectivity index is 1.42. The van der Waals surface area contributed by atoms with Crippen LogP contribution in [0.3, 0.4) is 0 Å². The Kier molecular flexibility index (Phi) is 5.05. The molecule has 0 atom stereocenters. The van der Waals surface area contributed by atoms with E-state index in [-0.39, 0.29) is 5.91 Å². The summed E-state index contributed by atoms with van der Waals surface area (Å²) < 4.78 is 17.0. The Labute approximate surface area is 157 Å². The van der Waals surface area contributed by atoms with Crippen molar-refractivity contribution in [1.82, 2.24) is 5.32 Å². The second-order valence-corrected chi connectivity index (χ2v) is 6.21. The predicted octanol–water partition coefficient (Wildman–Crippen LogP) is 3.19. The van der Waals surface area contributed by atoms with Crippen LogP contribution in [0.15, 0.2) is 59.2 Å². The second-order valence-electron chi connectivity index (χ2n) is 6.21. The lowest BCUT2D eigenvalue weighted by Gasteiger charge is -2.07. The number of hydrogen-bond donors (Lipinski definition) is 1. The van der Waals surface area contributed by atoms with Crippen molar-refractivity contribution in [1.29, 1.82) is 0 Å². The Morgan fingerprint density at radius 3 is 2.74 bits per heavy atom. The number of benzene rings is 2. The largest absolute Gasteiger partial charge is 0.493 e. The summed E-state index contributed by atoms with van der Waals surface area (Å²) in [5.41, 5.74) is 1.22. The molecular formula is C21H20N2O4. The van der Waals surface area contributed by atoms with Gasteiger partial charge in [-0.15, -0.1) is 0 Å². The van der Waals surface area contributed by atoms with Gasteiger partial charge in [0, 0.05) is 12.8 Å². The minimum Gasteiger partial charge on any atom is -0.493 e. The van der Waals surface area contributed by atoms with E-state index in [0.29, 0.717) is 43.5 Å². The smallest absolute Gasteiger partial charge is 0.275 e. The molecule has 0 spiro atoms. The standard InChI is InChI=1S/C21H20N2O4/c24-21-17(13-15-7-8-18-19(14-15)27-11-4-10-26-18)22-20(23-21)9-12-25-16-5-2-1-3-6-16/h1-3,5-8,13-14H,4,9-12H2,(H,22,23,24)/b17-13+. The van der Waals surface area contributed by atoms with Crippen molar-refractivity contribution in [3.05, 3.63) is 59.8 Å². The van der Waals surface area contributed by atoms with Crippen LogP contribution in [0.25, 0.3) is 6.08 Å². The first-order valence-corrected chi connectivity index (χ1v) is 8.96. The van der Waals surface area contributed by atoms with E-state index in [1.165, 1.54) is 0 Å². The molecular weight excluding hydrogens is 344 g/mol. The van der Waals surface area contributed by atoms with Crippen LogP contribution in [0.1, 0.15) is 18.4 Å². The molecule has 0 bridgehead atoms. The fraction of sp³-hybridized carbons (Fsp3) is 0.238. The number of nitrogens with one attached hydrogen (secondary N) is 1. The summed E-state index contributed by atoms with van der Waals surface area (Å²) in [6.45, 7) is 1.71. The topological polar surface area (TPSA) is 69.2 Å². The van der Waals surface area contributed by atoms with Gasteiger partial charge in [0.05, 0.1) is 19.8 Å². The third-order valence-corrected chi connectivity index (χ3v) is 4.17. The molecule has 6 heteroatoms. The Hall–Kier alpha value is -3.28. The summed E-state index contributed by atoms with van der Waals surface area (Å²) in [5, 5.41) is 2.79. The van der Waals surface area contributed by atoms with E-state index < -0.39 is 0 Å². The molecule has 0 aromatic heterocycles. The number of rotatable bonds is 5. The van der Waals surface area contributed by atoms with Crippen molar-refractivity contribution < 1.29 is 19.0 Å². The van der Waals surface area contributed by atoms with Crippen molar-refractivity contribution in [2.45, 2.75) is 12.8 Å². The van der Waals surface area contributed by atoms with Crippen LogP contribution in [0.5, 0.6) is 17.2 Å². The van der Waals surface area contributed by atoms with Crippen molar-refractivity contribution in [2.24, 2.45) is 4.99 Å². The lowest BCUT2D eigenvalue weighted by Crippen LogP contribution is -2.25. The maximum atomic E-state index is 12.2. The molecule has 2 heterocycles. The van der Waals surface area contributed by atoms with Crippen LogP contribution in [0, 0.1) is 0 Å². The van der Waals surface area contributed by atoms with Gasteiger partial charge in [-0.05, 0) is 35.9 Å². The minimum atomic E-state index is -0.211. The third kappa shape index (κ3) is 4.28. The highest BCUT2D eigenvalue weighted by Gasteiger charge is 2.20. The van der Waals surface area contributed by atoms with Crippen molar-refractivity contribution in [2.75, 3.05) is 19.8 Å². The van der Waals surface area contributed by atoms with Gasteiger partial charge >= 0.3 is 0 Å². The first kappa shape index (κ1) is 17.1. The summed E-state index contributed by atoms with van der Waals surface area (Å²) in [5.74, 6) is 2.62. The molecule has 4 rings (SSSR count). The number of aliphatic imine (C=N–C) groups is 1. The normalized spacial score (nSPS) is 17.3. The molecule has 0 saturated heterocycles. The predicted molar refractivity (Wildman–Crippen MR) is 102 cm³/mol. The molecule has 1 amide bonds. The number of hydrogen-bond acceptors (Lipinski definition) is 5. The average molecular weight is 364 g/mol. The van der Waals surface area contributed by atoms with Crippen molar-refractivity contribution >= 4 is 17.8 Å². The summed E-state index contributed by atoms with van der Waals surface area (Å²) >= 11 is 0. The van der Waals surface area contributed by atoms with Crippen LogP contribution in [-0.4, -0.2) is 31.6 Å². The molecule has 0 unspecified atom stereocenters. The second kappa shape index (κ2) is 7.95. The van der Waals surface area contributed by atoms with E-state index in [4.69, 9.17) is 14.2 Å². The third-order valence-electron chi connectivity index (χ3n) is 4.17. The van der Waals surface area contributed by atoms with E-state index in [0.717, 1.165) is 23.5 Å². The summed E-state index contributed by atoms with van der Waals surface area (Å²) in [6, 6.07) is 15.2. The first-order chi connectivity index (χ1) is 13.3. The van der Waals surface area contributed by atoms with Crippen LogP contribution < -0.4 is 19.5 Å². The van der Waals surface area contributed by atoms with Gasteiger partial charge in [0.15, 0.2) is 11.5 Å². The summed E-state index contributed by atoms with van der Waals surface area (Å²) in [4.78, 5) is 16.6. The maximum Gasteiger partial charge on any atom is 0.275 e. The van der Waals surface area contributed by atoms with E-state index in [1.807, 2.05) is 48.5 Å². The van der Waals surface area contributed by atoms with E-state index in [1.54, 1.807) is 6.08 Å². The molecule has 1 N–H and O–H groups in total. The van der Waals surface area contributed by atoms with Crippen molar-refractivity contribution in [3.8, 4) is 17.2 Å². The van der Waals surface area contributed by atoms with Gasteiger partial charge in [0.1, 0.15) is 17.3 Å². The SMILES string of the molecule is O=C1NC(CCOc2ccccc2)=N/C1=C/c1ccc2c(c1)OCCCO2. The maximum absolute atomic E-state index is 12.2. The number of carbonyl (C=O) groups excluding carboxylic acids is 1. The zero-order chi connectivity index (χ0) is 18.5. The van der Waals surface area contributed by atoms with Gasteiger partial charge < -0.3 is 19.5 Å². The van der Waals surface area contributed by atoms with E-state index >= 15 is 0 Å². The molecule has 0 radical (unpaired) electrons. The molecule has 0 fully saturated rings. The van der Waals surface area contributed by atoms with Crippen LogP contribution >= 0.6 is 0 Å². The van der Waals surface area contributed by atoms with Gasteiger partial charge in [0.2, 0.25) is 0 Å². The minimum absolute atomic E-state index is 0.211. The first-order valence-electron chi connectivity index (χ1n) is 8.96. The molecule has 2 aromatic rings. The number of ether oxygens (including phenoxy) is 3. The van der Waals surface area contributed by atoms with Gasteiger partial charge in [-0.1, -0.05) is 24.3 Å².